The quantitative estimate of drug-likeness (QED) is 0.589. The van der Waals surface area contributed by atoms with Crippen molar-refractivity contribution in [2.75, 3.05) is 19.0 Å². The van der Waals surface area contributed by atoms with E-state index in [-0.39, 0.29) is 48.5 Å². The minimum absolute atomic E-state index is 0.0398. The topological polar surface area (TPSA) is 93.5 Å². The number of anilines is 1. The molecule has 0 atom stereocenters. The first kappa shape index (κ1) is 21.0. The lowest BCUT2D eigenvalue weighted by Crippen LogP contribution is -2.24. The normalized spacial score (nSPS) is 10.5. The zero-order valence-electron chi connectivity index (χ0n) is 16.1. The first-order valence-corrected chi connectivity index (χ1v) is 9.08. The number of carbonyl (C=O) groups excluding carboxylic acids is 2. The van der Waals surface area contributed by atoms with Gasteiger partial charge in [0.1, 0.15) is 17.4 Å². The third kappa shape index (κ3) is 5.40. The van der Waals surface area contributed by atoms with Crippen molar-refractivity contribution in [1.29, 1.82) is 0 Å². The van der Waals surface area contributed by atoms with Crippen LogP contribution in [0, 0.1) is 11.6 Å². The molecular weight excluding hydrogens is 396 g/mol. The highest BCUT2D eigenvalue weighted by Crippen LogP contribution is 2.27. The zero-order valence-corrected chi connectivity index (χ0v) is 16.1. The molecule has 0 aliphatic rings. The standard InChI is InChI=1S/C21H19F2N3O4/c1-24-19(28)12-29-14-5-2-4-13(10-14)26-18(27)8-9-20-25-11-17(30-20)21-15(22)6-3-7-16(21)23/h2-7,10-11H,8-9,12H2,1H3,(H,24,28)(H,26,27). The molecule has 0 saturated heterocycles. The molecule has 0 unspecified atom stereocenters. The second-order valence-corrected chi connectivity index (χ2v) is 6.25. The predicted octanol–water partition coefficient (Wildman–Crippen LogP) is 3.32. The monoisotopic (exact) mass is 415 g/mol. The van der Waals surface area contributed by atoms with Crippen LogP contribution in [0.1, 0.15) is 12.3 Å². The first-order chi connectivity index (χ1) is 14.5. The number of ether oxygens (including phenoxy) is 1. The molecule has 3 aromatic rings. The Morgan fingerprint density at radius 2 is 1.83 bits per heavy atom. The van der Waals surface area contributed by atoms with Crippen molar-refractivity contribution in [3.05, 3.63) is 66.2 Å². The lowest BCUT2D eigenvalue weighted by molar-refractivity contribution is -0.122. The average Bonchev–Trinajstić information content (AvgIpc) is 3.19. The molecule has 0 fully saturated rings. The largest absolute Gasteiger partial charge is 0.484 e. The maximum absolute atomic E-state index is 13.8. The lowest BCUT2D eigenvalue weighted by Gasteiger charge is -2.08. The number of halogens is 2. The fraction of sp³-hybridized carbons (Fsp3) is 0.190. The number of aryl methyl sites for hydroxylation is 1. The summed E-state index contributed by atoms with van der Waals surface area (Å²) < 4.78 is 38.4. The lowest BCUT2D eigenvalue weighted by atomic mass is 10.1. The molecule has 0 aliphatic carbocycles. The van der Waals surface area contributed by atoms with Crippen LogP contribution in [-0.2, 0) is 16.0 Å². The van der Waals surface area contributed by atoms with Crippen molar-refractivity contribution in [2.45, 2.75) is 12.8 Å². The number of oxazole rings is 1. The number of rotatable bonds is 8. The van der Waals surface area contributed by atoms with Gasteiger partial charge in [-0.05, 0) is 24.3 Å². The summed E-state index contributed by atoms with van der Waals surface area (Å²) in [6.45, 7) is -0.136. The number of hydrogen-bond acceptors (Lipinski definition) is 5. The third-order valence-electron chi connectivity index (χ3n) is 4.10. The summed E-state index contributed by atoms with van der Waals surface area (Å²) in [5, 5.41) is 5.14. The SMILES string of the molecule is CNC(=O)COc1cccc(NC(=O)CCc2ncc(-c3c(F)cccc3F)o2)c1. The summed E-state index contributed by atoms with van der Waals surface area (Å²) in [6.07, 6.45) is 1.42. The fourth-order valence-corrected chi connectivity index (χ4v) is 2.60. The van der Waals surface area contributed by atoms with Crippen LogP contribution in [0.2, 0.25) is 0 Å². The van der Waals surface area contributed by atoms with E-state index in [9.17, 15) is 18.4 Å². The van der Waals surface area contributed by atoms with Crippen LogP contribution >= 0.6 is 0 Å². The van der Waals surface area contributed by atoms with E-state index in [1.807, 2.05) is 0 Å². The van der Waals surface area contributed by atoms with Gasteiger partial charge in [-0.1, -0.05) is 12.1 Å². The van der Waals surface area contributed by atoms with Gasteiger partial charge in [-0.2, -0.15) is 0 Å². The summed E-state index contributed by atoms with van der Waals surface area (Å²) >= 11 is 0. The molecule has 3 rings (SSSR count). The Hall–Kier alpha value is -3.75. The smallest absolute Gasteiger partial charge is 0.257 e. The van der Waals surface area contributed by atoms with Crippen molar-refractivity contribution >= 4 is 17.5 Å². The van der Waals surface area contributed by atoms with Crippen LogP contribution in [-0.4, -0.2) is 30.5 Å². The van der Waals surface area contributed by atoms with Gasteiger partial charge in [-0.25, -0.2) is 13.8 Å². The summed E-state index contributed by atoms with van der Waals surface area (Å²) in [7, 11) is 1.51. The van der Waals surface area contributed by atoms with E-state index in [0.29, 0.717) is 11.4 Å². The summed E-state index contributed by atoms with van der Waals surface area (Å²) in [4.78, 5) is 27.4. The van der Waals surface area contributed by atoms with Crippen LogP contribution in [0.5, 0.6) is 5.75 Å². The van der Waals surface area contributed by atoms with Crippen molar-refractivity contribution in [3.8, 4) is 17.1 Å². The highest BCUT2D eigenvalue weighted by molar-refractivity contribution is 5.91. The highest BCUT2D eigenvalue weighted by atomic mass is 19.1. The van der Waals surface area contributed by atoms with Gasteiger partial charge in [0.05, 0.1) is 11.8 Å². The van der Waals surface area contributed by atoms with Gasteiger partial charge < -0.3 is 19.8 Å². The average molecular weight is 415 g/mol. The zero-order chi connectivity index (χ0) is 21.5. The van der Waals surface area contributed by atoms with E-state index in [1.165, 1.54) is 19.3 Å². The van der Waals surface area contributed by atoms with Gasteiger partial charge in [-0.3, -0.25) is 9.59 Å². The van der Waals surface area contributed by atoms with Crippen LogP contribution < -0.4 is 15.4 Å². The third-order valence-corrected chi connectivity index (χ3v) is 4.10. The van der Waals surface area contributed by atoms with Crippen molar-refractivity contribution in [3.63, 3.8) is 0 Å². The van der Waals surface area contributed by atoms with Crippen LogP contribution in [0.25, 0.3) is 11.3 Å². The van der Waals surface area contributed by atoms with Gasteiger partial charge in [0.2, 0.25) is 5.91 Å². The van der Waals surface area contributed by atoms with Crippen molar-refractivity contribution < 1.29 is 27.5 Å². The molecule has 2 aromatic carbocycles. The van der Waals surface area contributed by atoms with Gasteiger partial charge >= 0.3 is 0 Å². The number of hydrogen-bond donors (Lipinski definition) is 2. The molecule has 0 bridgehead atoms. The molecule has 2 amide bonds. The van der Waals surface area contributed by atoms with Gasteiger partial charge in [0, 0.05) is 31.6 Å². The predicted molar refractivity (Wildman–Crippen MR) is 105 cm³/mol. The molecule has 2 N–H and O–H groups in total. The number of nitrogens with one attached hydrogen (secondary N) is 2. The van der Waals surface area contributed by atoms with E-state index in [2.05, 4.69) is 15.6 Å². The molecule has 1 heterocycles. The van der Waals surface area contributed by atoms with Gasteiger partial charge in [-0.15, -0.1) is 0 Å². The first-order valence-electron chi connectivity index (χ1n) is 9.08. The molecule has 9 heteroatoms. The number of benzene rings is 2. The van der Waals surface area contributed by atoms with Crippen molar-refractivity contribution in [1.82, 2.24) is 10.3 Å². The molecule has 0 spiro atoms. The molecule has 30 heavy (non-hydrogen) atoms. The Morgan fingerprint density at radius 3 is 2.57 bits per heavy atom. The molecule has 7 nitrogen and oxygen atoms in total. The molecule has 156 valence electrons. The maximum Gasteiger partial charge on any atom is 0.257 e. The second kappa shape index (κ2) is 9.64. The Bertz CT molecular complexity index is 1030. The maximum atomic E-state index is 13.8. The van der Waals surface area contributed by atoms with Crippen molar-refractivity contribution in [2.24, 2.45) is 0 Å². The fourth-order valence-electron chi connectivity index (χ4n) is 2.60. The number of aromatic nitrogens is 1. The number of amides is 2. The highest BCUT2D eigenvalue weighted by Gasteiger charge is 2.16. The molecule has 1 aromatic heterocycles. The Kier molecular flexibility index (Phi) is 6.74. The summed E-state index contributed by atoms with van der Waals surface area (Å²) in [6, 6.07) is 10.1. The number of likely N-dealkylation sites (N-methyl/N-ethyl adjacent to an activating group) is 1. The van der Waals surface area contributed by atoms with Gasteiger partial charge in [0.25, 0.3) is 5.91 Å². The minimum atomic E-state index is -0.756. The van der Waals surface area contributed by atoms with E-state index < -0.39 is 11.6 Å². The Morgan fingerprint density at radius 1 is 1.10 bits per heavy atom. The Balaban J connectivity index is 1.56. The van der Waals surface area contributed by atoms with E-state index >= 15 is 0 Å². The molecule has 0 aliphatic heterocycles. The molecule has 0 saturated carbocycles. The van der Waals surface area contributed by atoms with E-state index in [4.69, 9.17) is 9.15 Å². The molecule has 0 radical (unpaired) electrons. The minimum Gasteiger partial charge on any atom is -0.484 e. The van der Waals surface area contributed by atoms with E-state index in [0.717, 1.165) is 12.1 Å². The van der Waals surface area contributed by atoms with E-state index in [1.54, 1.807) is 24.3 Å². The summed E-state index contributed by atoms with van der Waals surface area (Å²) in [5.74, 6) is -1.52. The van der Waals surface area contributed by atoms with Gasteiger partial charge in [0.15, 0.2) is 18.3 Å². The molecular formula is C21H19F2N3O4. The summed E-state index contributed by atoms with van der Waals surface area (Å²) in [5.41, 5.74) is 0.199. The van der Waals surface area contributed by atoms with Crippen LogP contribution in [0.4, 0.5) is 14.5 Å². The number of nitrogens with zero attached hydrogens (tertiary/aromatic N) is 1. The Labute approximate surface area is 171 Å². The second-order valence-electron chi connectivity index (χ2n) is 6.25. The van der Waals surface area contributed by atoms with Crippen LogP contribution in [0.3, 0.4) is 0 Å². The van der Waals surface area contributed by atoms with Crippen LogP contribution in [0.15, 0.2) is 53.1 Å². The number of carbonyl (C=O) groups is 2.